The lowest BCUT2D eigenvalue weighted by atomic mass is 9.73. The summed E-state index contributed by atoms with van der Waals surface area (Å²) in [4.78, 5) is 2.45. The first-order valence-electron chi connectivity index (χ1n) is 23.4. The maximum atomic E-state index is 2.45. The van der Waals surface area contributed by atoms with Crippen molar-refractivity contribution in [3.8, 4) is 33.4 Å². The van der Waals surface area contributed by atoms with Gasteiger partial charge in [-0.1, -0.05) is 188 Å². The van der Waals surface area contributed by atoms with E-state index < -0.39 is 8.07 Å². The largest absolute Gasteiger partial charge is 0.311 e. The van der Waals surface area contributed by atoms with Crippen LogP contribution in [-0.2, 0) is 25.7 Å². The monoisotopic (exact) mass is 839 g/mol. The van der Waals surface area contributed by atoms with Gasteiger partial charge in [0.05, 0.1) is 0 Å². The minimum Gasteiger partial charge on any atom is -0.311 e. The molecular weight excluding hydrogens is 787 g/mol. The Kier molecular flexibility index (Phi) is 11.0. The van der Waals surface area contributed by atoms with Gasteiger partial charge < -0.3 is 4.90 Å². The second kappa shape index (κ2) is 17.6. The van der Waals surface area contributed by atoms with E-state index in [1.54, 1.807) is 27.8 Å². The Bertz CT molecular complexity index is 2850. The standard InChI is InChI=1S/C62H53NSi/c1-6-20-46(21-7-1)47-34-38-50(39-35-47)63(52-42-44-56(45-43-52)64(53-24-10-3-11-25-53,54-26-12-4-13-27-54)55-28-14-5-15-29-55)51-40-36-49(37-41-51)62-59-32-18-16-30-57(59)61(48-22-8-2-9-23-48)58-31-17-19-33-60(58)62/h1-15,20-29,34-45H,16-19,30-33H2. The molecule has 0 spiro atoms. The molecule has 0 N–H and O–H groups in total. The fraction of sp³-hybridized carbons (Fsp3) is 0.129. The van der Waals surface area contributed by atoms with Gasteiger partial charge >= 0.3 is 0 Å². The average Bonchev–Trinajstić information content (AvgIpc) is 3.38. The summed E-state index contributed by atoms with van der Waals surface area (Å²) in [5.74, 6) is 0. The molecule has 0 atom stereocenters. The topological polar surface area (TPSA) is 3.24 Å². The summed E-state index contributed by atoms with van der Waals surface area (Å²) < 4.78 is 0. The molecule has 0 heterocycles. The van der Waals surface area contributed by atoms with Crippen LogP contribution >= 0.6 is 0 Å². The minimum absolute atomic E-state index is 1.14. The molecule has 0 bridgehead atoms. The van der Waals surface area contributed by atoms with Crippen LogP contribution in [0.4, 0.5) is 17.1 Å². The predicted molar refractivity (Wildman–Crippen MR) is 274 cm³/mol. The van der Waals surface area contributed by atoms with Gasteiger partial charge in [-0.3, -0.25) is 0 Å². The van der Waals surface area contributed by atoms with E-state index in [4.69, 9.17) is 0 Å². The fourth-order valence-electron chi connectivity index (χ4n) is 11.2. The van der Waals surface area contributed by atoms with Gasteiger partial charge in [0.1, 0.15) is 0 Å². The molecule has 0 fully saturated rings. The molecule has 0 aliphatic heterocycles. The quantitative estimate of drug-likeness (QED) is 0.0979. The smallest absolute Gasteiger partial charge is 0.179 e. The third kappa shape index (κ3) is 7.22. The van der Waals surface area contributed by atoms with E-state index in [0.717, 1.165) is 29.9 Å². The van der Waals surface area contributed by atoms with Gasteiger partial charge in [0.25, 0.3) is 0 Å². The van der Waals surface area contributed by atoms with Crippen molar-refractivity contribution in [2.24, 2.45) is 0 Å². The van der Waals surface area contributed by atoms with Gasteiger partial charge in [0.15, 0.2) is 8.07 Å². The van der Waals surface area contributed by atoms with E-state index >= 15 is 0 Å². The van der Waals surface area contributed by atoms with Crippen LogP contribution in [0.25, 0.3) is 33.4 Å². The SMILES string of the molecule is c1ccc(-c2ccc(N(c3ccc(-c4c5c(c(-c6ccccc6)c6c4CCCC6)CCCC5)cc3)c3ccc([Si](c4ccccc4)(c4ccccc4)c4ccccc4)cc3)cc2)cc1. The number of rotatable bonds is 10. The summed E-state index contributed by atoms with van der Waals surface area (Å²) in [6, 6.07) is 83.9. The minimum atomic E-state index is -2.68. The fourth-order valence-corrected chi connectivity index (χ4v) is 15.9. The Morgan fingerprint density at radius 3 is 0.891 bits per heavy atom. The first-order chi connectivity index (χ1) is 31.8. The van der Waals surface area contributed by atoms with E-state index in [-0.39, 0.29) is 0 Å². The third-order valence-electron chi connectivity index (χ3n) is 14.0. The van der Waals surface area contributed by atoms with Crippen molar-refractivity contribution in [1.82, 2.24) is 0 Å². The Labute approximate surface area is 380 Å². The number of nitrogens with zero attached hydrogens (tertiary/aromatic N) is 1. The number of hydrogen-bond acceptors (Lipinski definition) is 1. The molecule has 9 aromatic carbocycles. The normalized spacial score (nSPS) is 13.4. The van der Waals surface area contributed by atoms with E-state index in [1.165, 1.54) is 87.1 Å². The van der Waals surface area contributed by atoms with Crippen LogP contribution < -0.4 is 25.6 Å². The summed E-state index contributed by atoms with van der Waals surface area (Å²) >= 11 is 0. The summed E-state index contributed by atoms with van der Waals surface area (Å²) in [6.07, 6.45) is 9.72. The molecule has 0 radical (unpaired) electrons. The zero-order chi connectivity index (χ0) is 42.7. The van der Waals surface area contributed by atoms with Crippen molar-refractivity contribution >= 4 is 45.9 Å². The molecule has 2 aliphatic carbocycles. The molecular formula is C62H53NSi. The van der Waals surface area contributed by atoms with Crippen LogP contribution in [-0.4, -0.2) is 8.07 Å². The summed E-state index contributed by atoms with van der Waals surface area (Å²) in [5, 5.41) is 5.50. The number of hydrogen-bond donors (Lipinski definition) is 0. The number of benzene rings is 9. The van der Waals surface area contributed by atoms with Crippen LogP contribution in [0.1, 0.15) is 47.9 Å². The Morgan fingerprint density at radius 2 is 0.516 bits per heavy atom. The van der Waals surface area contributed by atoms with Gasteiger partial charge in [-0.05, 0) is 164 Å². The highest BCUT2D eigenvalue weighted by Gasteiger charge is 2.41. The highest BCUT2D eigenvalue weighted by molar-refractivity contribution is 7.19. The summed E-state index contributed by atoms with van der Waals surface area (Å²) in [5.41, 5.74) is 18.1. The van der Waals surface area contributed by atoms with E-state index in [9.17, 15) is 0 Å². The van der Waals surface area contributed by atoms with Crippen molar-refractivity contribution < 1.29 is 0 Å². The van der Waals surface area contributed by atoms with Gasteiger partial charge in [-0.25, -0.2) is 0 Å². The molecule has 2 heteroatoms. The number of fused-ring (bicyclic) bond motifs is 2. The maximum absolute atomic E-state index is 2.68. The molecule has 64 heavy (non-hydrogen) atoms. The van der Waals surface area contributed by atoms with E-state index in [1.807, 2.05) is 0 Å². The third-order valence-corrected chi connectivity index (χ3v) is 18.8. The van der Waals surface area contributed by atoms with Crippen molar-refractivity contribution in [2.45, 2.75) is 51.4 Å². The average molecular weight is 840 g/mol. The predicted octanol–water partition coefficient (Wildman–Crippen LogP) is 13.3. The second-order valence-corrected chi connectivity index (χ2v) is 21.4. The Morgan fingerprint density at radius 1 is 0.250 bits per heavy atom. The van der Waals surface area contributed by atoms with Crippen LogP contribution in [0.15, 0.2) is 224 Å². The lowest BCUT2D eigenvalue weighted by molar-refractivity contribution is 0.662. The highest BCUT2D eigenvalue weighted by Crippen LogP contribution is 2.47. The van der Waals surface area contributed by atoms with Crippen LogP contribution in [0.3, 0.4) is 0 Å². The molecule has 310 valence electrons. The van der Waals surface area contributed by atoms with Crippen LogP contribution in [0, 0.1) is 0 Å². The van der Waals surface area contributed by atoms with E-state index in [2.05, 4.69) is 229 Å². The molecule has 11 rings (SSSR count). The van der Waals surface area contributed by atoms with Gasteiger partial charge in [-0.2, -0.15) is 0 Å². The van der Waals surface area contributed by atoms with Crippen LogP contribution in [0.2, 0.25) is 0 Å². The zero-order valence-electron chi connectivity index (χ0n) is 36.5. The summed E-state index contributed by atoms with van der Waals surface area (Å²) in [7, 11) is -2.68. The summed E-state index contributed by atoms with van der Waals surface area (Å²) in [6.45, 7) is 0. The molecule has 2 aliphatic rings. The first-order valence-corrected chi connectivity index (χ1v) is 25.4. The molecule has 0 saturated heterocycles. The highest BCUT2D eigenvalue weighted by atomic mass is 28.3. The van der Waals surface area contributed by atoms with Crippen molar-refractivity contribution in [3.63, 3.8) is 0 Å². The molecule has 9 aromatic rings. The van der Waals surface area contributed by atoms with Crippen molar-refractivity contribution in [2.75, 3.05) is 4.90 Å². The van der Waals surface area contributed by atoms with Crippen molar-refractivity contribution in [3.05, 3.63) is 247 Å². The first kappa shape index (κ1) is 39.8. The maximum Gasteiger partial charge on any atom is 0.179 e. The van der Waals surface area contributed by atoms with Crippen LogP contribution in [0.5, 0.6) is 0 Å². The van der Waals surface area contributed by atoms with Gasteiger partial charge in [0, 0.05) is 17.1 Å². The van der Waals surface area contributed by atoms with Crippen molar-refractivity contribution in [1.29, 1.82) is 0 Å². The second-order valence-electron chi connectivity index (χ2n) is 17.6. The van der Waals surface area contributed by atoms with Gasteiger partial charge in [-0.15, -0.1) is 0 Å². The number of anilines is 3. The van der Waals surface area contributed by atoms with Gasteiger partial charge in [0.2, 0.25) is 0 Å². The lowest BCUT2D eigenvalue weighted by Crippen LogP contribution is -2.74. The molecule has 0 aromatic heterocycles. The molecule has 0 amide bonds. The molecule has 0 unspecified atom stereocenters. The lowest BCUT2D eigenvalue weighted by Gasteiger charge is -2.35. The Hall–Kier alpha value is -7.00. The zero-order valence-corrected chi connectivity index (χ0v) is 37.5. The molecule has 1 nitrogen and oxygen atoms in total. The van der Waals surface area contributed by atoms with E-state index in [0.29, 0.717) is 0 Å². The Balaban J connectivity index is 1.05. The molecule has 0 saturated carbocycles.